The molecule has 4 N–H and O–H groups in total. The van der Waals surface area contributed by atoms with E-state index in [-0.39, 0.29) is 30.9 Å². The van der Waals surface area contributed by atoms with Crippen molar-refractivity contribution in [3.05, 3.63) is 58.9 Å². The summed E-state index contributed by atoms with van der Waals surface area (Å²) in [4.78, 5) is 28.1. The minimum absolute atomic E-state index is 0.125. The van der Waals surface area contributed by atoms with E-state index in [4.69, 9.17) is 0 Å². The molecule has 152 valence electrons. The molecule has 0 bridgehead atoms. The number of carbonyl (C=O) groups is 2. The second-order valence-electron chi connectivity index (χ2n) is 6.35. The summed E-state index contributed by atoms with van der Waals surface area (Å²) in [6, 6.07) is 9.38. The van der Waals surface area contributed by atoms with E-state index in [0.717, 1.165) is 11.1 Å². The number of amides is 2. The highest BCUT2D eigenvalue weighted by atomic mass is 16.3. The number of nitrogens with zero attached hydrogens (tertiary/aromatic N) is 1. The number of aliphatic imine (C=N–C) groups is 1. The summed E-state index contributed by atoms with van der Waals surface area (Å²) < 4.78 is 0. The third-order valence-corrected chi connectivity index (χ3v) is 4.08. The van der Waals surface area contributed by atoms with Gasteiger partial charge in [-0.3, -0.25) is 9.59 Å². The van der Waals surface area contributed by atoms with Gasteiger partial charge in [-0.05, 0) is 31.4 Å². The van der Waals surface area contributed by atoms with Crippen LogP contribution in [-0.2, 0) is 16.0 Å². The molecular formula is C21H30N4O3. The summed E-state index contributed by atoms with van der Waals surface area (Å²) >= 11 is 0. The Kier molecular flexibility index (Phi) is 10.3. The molecule has 0 radical (unpaired) electrons. The number of hydrogen-bond donors (Lipinski definition) is 4. The first-order chi connectivity index (χ1) is 13.4. The quantitative estimate of drug-likeness (QED) is 0.360. The lowest BCUT2D eigenvalue weighted by Gasteiger charge is -2.16. The zero-order valence-corrected chi connectivity index (χ0v) is 17.0. The summed E-state index contributed by atoms with van der Waals surface area (Å²) in [5.74, 6) is 0.0735. The molecule has 1 atom stereocenters. The molecule has 1 rings (SSSR count). The fraction of sp³-hybridized carbons (Fsp3) is 0.381. The smallest absolute Gasteiger partial charge is 0.250 e. The number of allylic oxidation sites excluding steroid dienone is 1. The summed E-state index contributed by atoms with van der Waals surface area (Å²) in [5.41, 5.74) is 2.31. The van der Waals surface area contributed by atoms with Crippen LogP contribution in [0, 0.1) is 0 Å². The van der Waals surface area contributed by atoms with Crippen LogP contribution in [0.3, 0.4) is 0 Å². The van der Waals surface area contributed by atoms with E-state index in [2.05, 4.69) is 20.9 Å². The summed E-state index contributed by atoms with van der Waals surface area (Å²) in [6.07, 6.45) is 4.09. The predicted octanol–water partition coefficient (Wildman–Crippen LogP) is 1.31. The van der Waals surface area contributed by atoms with Gasteiger partial charge >= 0.3 is 0 Å². The lowest BCUT2D eigenvalue weighted by molar-refractivity contribution is -0.121. The van der Waals surface area contributed by atoms with Crippen LogP contribution in [0.1, 0.15) is 25.8 Å². The van der Waals surface area contributed by atoms with E-state index in [1.807, 2.05) is 37.3 Å². The van der Waals surface area contributed by atoms with Gasteiger partial charge in [0.05, 0.1) is 18.2 Å². The Balaban J connectivity index is 2.63. The Hall–Kier alpha value is -2.93. The molecule has 0 aliphatic rings. The number of hydrogen-bond acceptors (Lipinski definition) is 5. The van der Waals surface area contributed by atoms with Crippen molar-refractivity contribution < 1.29 is 14.7 Å². The van der Waals surface area contributed by atoms with Crippen molar-refractivity contribution >= 4 is 18.0 Å². The normalized spacial score (nSPS) is 13.7. The van der Waals surface area contributed by atoms with Crippen molar-refractivity contribution in [1.29, 1.82) is 0 Å². The lowest BCUT2D eigenvalue weighted by Crippen LogP contribution is -2.38. The first kappa shape index (κ1) is 23.1. The number of rotatable bonds is 10. The van der Waals surface area contributed by atoms with Gasteiger partial charge in [0.1, 0.15) is 5.82 Å². The fourth-order valence-electron chi connectivity index (χ4n) is 2.46. The van der Waals surface area contributed by atoms with Crippen LogP contribution in [0.15, 0.2) is 58.4 Å². The van der Waals surface area contributed by atoms with E-state index >= 15 is 0 Å². The summed E-state index contributed by atoms with van der Waals surface area (Å²) in [5, 5.41) is 17.8. The van der Waals surface area contributed by atoms with Crippen LogP contribution < -0.4 is 16.0 Å². The second-order valence-corrected chi connectivity index (χ2v) is 6.35. The molecule has 0 aliphatic heterocycles. The molecule has 1 aromatic rings. The van der Waals surface area contributed by atoms with Crippen LogP contribution in [0.25, 0.3) is 0 Å². The third-order valence-electron chi connectivity index (χ3n) is 4.08. The van der Waals surface area contributed by atoms with Gasteiger partial charge in [0.25, 0.3) is 0 Å². The highest BCUT2D eigenvalue weighted by molar-refractivity contribution is 5.93. The highest BCUT2D eigenvalue weighted by Gasteiger charge is 2.11. The van der Waals surface area contributed by atoms with Crippen molar-refractivity contribution in [2.75, 3.05) is 20.7 Å². The Labute approximate surface area is 166 Å². The Morgan fingerprint density at radius 2 is 1.82 bits per heavy atom. The molecule has 2 amide bonds. The Bertz CT molecular complexity index is 739. The lowest BCUT2D eigenvalue weighted by atomic mass is 10.1. The molecule has 0 saturated heterocycles. The van der Waals surface area contributed by atoms with Gasteiger partial charge < -0.3 is 21.1 Å². The van der Waals surface area contributed by atoms with E-state index in [1.165, 1.54) is 0 Å². The van der Waals surface area contributed by atoms with Crippen molar-refractivity contribution in [3.8, 4) is 0 Å². The zero-order valence-electron chi connectivity index (χ0n) is 17.0. The Morgan fingerprint density at radius 3 is 2.39 bits per heavy atom. The fourth-order valence-corrected chi connectivity index (χ4v) is 2.46. The van der Waals surface area contributed by atoms with Crippen LogP contribution in [0.4, 0.5) is 0 Å². The molecule has 0 aromatic heterocycles. The number of aliphatic hydroxyl groups excluding tert-OH is 1. The molecule has 7 heteroatoms. The largest absolute Gasteiger partial charge is 0.394 e. The van der Waals surface area contributed by atoms with Gasteiger partial charge in [0.15, 0.2) is 0 Å². The molecule has 0 saturated carbocycles. The number of nitrogens with one attached hydrogen (secondary N) is 3. The van der Waals surface area contributed by atoms with E-state index in [9.17, 15) is 14.7 Å². The molecule has 0 heterocycles. The molecular weight excluding hydrogens is 356 g/mol. The van der Waals surface area contributed by atoms with Gasteiger partial charge in [-0.1, -0.05) is 36.4 Å². The maximum absolute atomic E-state index is 12.2. The Morgan fingerprint density at radius 1 is 1.14 bits per heavy atom. The average Bonchev–Trinajstić information content (AvgIpc) is 2.72. The van der Waals surface area contributed by atoms with E-state index in [1.54, 1.807) is 33.3 Å². The van der Waals surface area contributed by atoms with Crippen LogP contribution >= 0.6 is 0 Å². The number of carbonyl (C=O) groups excluding carboxylic acids is 2. The number of likely N-dealkylation sites (N-methyl/N-ethyl adjacent to an activating group) is 1. The molecule has 28 heavy (non-hydrogen) atoms. The monoisotopic (exact) mass is 386 g/mol. The average molecular weight is 386 g/mol. The standard InChI is InChI=1S/C21H30N4O3/c1-15(13-24-20(22-3)16(2)21(28)23-4)10-11-19(27)25-18(14-26)12-17-8-6-5-7-9-17/h5-10,13,18,22,26H,11-12,14H2,1-4H3,(H,23,28)(H,25,27)/b15-10-,20-16+,24-13+/t18-/m0/s1. The third kappa shape index (κ3) is 8.18. The summed E-state index contributed by atoms with van der Waals surface area (Å²) in [7, 11) is 3.25. The van der Waals surface area contributed by atoms with Crippen molar-refractivity contribution in [3.63, 3.8) is 0 Å². The minimum Gasteiger partial charge on any atom is -0.394 e. The zero-order chi connectivity index (χ0) is 20.9. The van der Waals surface area contributed by atoms with Crippen LogP contribution in [0.2, 0.25) is 0 Å². The number of aliphatic hydroxyl groups is 1. The van der Waals surface area contributed by atoms with Gasteiger partial charge in [0, 0.05) is 26.7 Å². The highest BCUT2D eigenvalue weighted by Crippen LogP contribution is 2.05. The minimum atomic E-state index is -0.327. The van der Waals surface area contributed by atoms with Crippen molar-refractivity contribution in [1.82, 2.24) is 16.0 Å². The van der Waals surface area contributed by atoms with Gasteiger partial charge in [0.2, 0.25) is 11.8 Å². The topological polar surface area (TPSA) is 103 Å². The van der Waals surface area contributed by atoms with Crippen LogP contribution in [0.5, 0.6) is 0 Å². The second kappa shape index (κ2) is 12.5. The van der Waals surface area contributed by atoms with Crippen LogP contribution in [-0.4, -0.2) is 49.9 Å². The summed E-state index contributed by atoms with van der Waals surface area (Å²) in [6.45, 7) is 3.38. The first-order valence-electron chi connectivity index (χ1n) is 9.16. The molecule has 0 fully saturated rings. The number of benzene rings is 1. The van der Waals surface area contributed by atoms with Gasteiger partial charge in [-0.2, -0.15) is 0 Å². The van der Waals surface area contributed by atoms with E-state index in [0.29, 0.717) is 17.8 Å². The predicted molar refractivity (Wildman–Crippen MR) is 112 cm³/mol. The van der Waals surface area contributed by atoms with Gasteiger partial charge in [-0.25, -0.2) is 4.99 Å². The maximum atomic E-state index is 12.2. The molecule has 1 aromatic carbocycles. The van der Waals surface area contributed by atoms with Crippen molar-refractivity contribution in [2.45, 2.75) is 32.7 Å². The SMILES string of the molecule is CNC(=O)/C(C)=C(/N=C/C(C)=C\CC(=O)N[C@H](CO)Cc1ccccc1)NC. The molecule has 7 nitrogen and oxygen atoms in total. The maximum Gasteiger partial charge on any atom is 0.250 e. The molecule has 0 spiro atoms. The van der Waals surface area contributed by atoms with Crippen molar-refractivity contribution in [2.24, 2.45) is 4.99 Å². The molecule has 0 aliphatic carbocycles. The molecule has 0 unspecified atom stereocenters. The van der Waals surface area contributed by atoms with E-state index < -0.39 is 0 Å². The first-order valence-corrected chi connectivity index (χ1v) is 9.16. The van der Waals surface area contributed by atoms with Gasteiger partial charge in [-0.15, -0.1) is 0 Å².